The van der Waals surface area contributed by atoms with E-state index in [9.17, 15) is 13.5 Å². The van der Waals surface area contributed by atoms with Crippen LogP contribution < -0.4 is 4.74 Å². The first kappa shape index (κ1) is 16.7. The maximum Gasteiger partial charge on any atom is 0.153 e. The molecule has 0 aromatic heterocycles. The van der Waals surface area contributed by atoms with Crippen LogP contribution in [0.15, 0.2) is 24.3 Å². The molecule has 0 radical (unpaired) electrons. The molecular formula is C16H24N2O4S. The Morgan fingerprint density at radius 3 is 2.61 bits per heavy atom. The Bertz CT molecular complexity index is 649. The Morgan fingerprint density at radius 1 is 1.22 bits per heavy atom. The summed E-state index contributed by atoms with van der Waals surface area (Å²) in [5, 5.41) is 9.21. The van der Waals surface area contributed by atoms with Crippen LogP contribution in [0.5, 0.6) is 5.75 Å². The van der Waals surface area contributed by atoms with Crippen molar-refractivity contribution in [3.8, 4) is 5.75 Å². The molecule has 2 atom stereocenters. The van der Waals surface area contributed by atoms with Crippen molar-refractivity contribution < 1.29 is 18.3 Å². The van der Waals surface area contributed by atoms with Gasteiger partial charge in [0.15, 0.2) is 9.84 Å². The lowest BCUT2D eigenvalue weighted by molar-refractivity contribution is 0.0307. The third-order valence-corrected chi connectivity index (χ3v) is 6.51. The first-order valence-electron chi connectivity index (χ1n) is 7.95. The number of β-amino-alcohol motifs (C(OH)–C–C–N with tert-alkyl or cyclic N) is 1. The zero-order valence-electron chi connectivity index (χ0n) is 13.4. The minimum Gasteiger partial charge on any atom is -0.497 e. The molecule has 1 aromatic carbocycles. The van der Waals surface area contributed by atoms with E-state index in [1.54, 1.807) is 7.11 Å². The van der Waals surface area contributed by atoms with Gasteiger partial charge in [-0.3, -0.25) is 9.80 Å². The summed E-state index contributed by atoms with van der Waals surface area (Å²) in [5.41, 5.74) is 1.13. The van der Waals surface area contributed by atoms with Crippen molar-refractivity contribution in [2.24, 2.45) is 0 Å². The lowest BCUT2D eigenvalue weighted by Gasteiger charge is -2.43. The SMILES string of the molecule is COc1cccc(CN2CCN(CCO)[C@@H]3CS(=O)(=O)C[C@@H]32)c1. The molecule has 23 heavy (non-hydrogen) atoms. The second-order valence-electron chi connectivity index (χ2n) is 6.29. The minimum absolute atomic E-state index is 0.00602. The van der Waals surface area contributed by atoms with E-state index >= 15 is 0 Å². The number of sulfone groups is 1. The van der Waals surface area contributed by atoms with E-state index in [2.05, 4.69) is 9.80 Å². The number of rotatable bonds is 5. The summed E-state index contributed by atoms with van der Waals surface area (Å²) in [6.07, 6.45) is 0. The first-order chi connectivity index (χ1) is 11.0. The van der Waals surface area contributed by atoms with Gasteiger partial charge in [0.1, 0.15) is 5.75 Å². The van der Waals surface area contributed by atoms with Gasteiger partial charge in [-0.05, 0) is 17.7 Å². The predicted molar refractivity (Wildman–Crippen MR) is 88.3 cm³/mol. The molecule has 6 nitrogen and oxygen atoms in total. The van der Waals surface area contributed by atoms with Gasteiger partial charge in [0.25, 0.3) is 0 Å². The van der Waals surface area contributed by atoms with Gasteiger partial charge in [-0.2, -0.15) is 0 Å². The molecule has 2 aliphatic rings. The molecule has 0 amide bonds. The fourth-order valence-electron chi connectivity index (χ4n) is 3.70. The second-order valence-corrected chi connectivity index (χ2v) is 8.45. The molecule has 7 heteroatoms. The van der Waals surface area contributed by atoms with E-state index in [1.165, 1.54) is 0 Å². The smallest absolute Gasteiger partial charge is 0.153 e. The molecule has 0 bridgehead atoms. The number of hydrogen-bond donors (Lipinski definition) is 1. The fraction of sp³-hybridized carbons (Fsp3) is 0.625. The van der Waals surface area contributed by atoms with E-state index in [0.717, 1.165) is 30.9 Å². The molecule has 2 aliphatic heterocycles. The molecule has 1 aromatic rings. The Balaban J connectivity index is 1.77. The standard InChI is InChI=1S/C16H24N2O4S/c1-22-14-4-2-3-13(9-14)10-18-6-5-17(7-8-19)15-11-23(20,21)12-16(15)18/h2-4,9,15-16,19H,5-8,10-12H2,1H3/t15-,16+/m1/s1. The van der Waals surface area contributed by atoms with Crippen LogP contribution in [0.25, 0.3) is 0 Å². The van der Waals surface area contributed by atoms with E-state index in [-0.39, 0.29) is 30.2 Å². The lowest BCUT2D eigenvalue weighted by atomic mass is 10.0. The highest BCUT2D eigenvalue weighted by atomic mass is 32.2. The van der Waals surface area contributed by atoms with Crippen LogP contribution in [-0.4, -0.2) is 80.3 Å². The molecule has 2 heterocycles. The zero-order chi connectivity index (χ0) is 16.4. The molecule has 128 valence electrons. The third kappa shape index (κ3) is 3.68. The monoisotopic (exact) mass is 340 g/mol. The lowest BCUT2D eigenvalue weighted by Crippen LogP contribution is -2.59. The molecule has 1 N–H and O–H groups in total. The Morgan fingerprint density at radius 2 is 1.91 bits per heavy atom. The Hall–Kier alpha value is -1.15. The van der Waals surface area contributed by atoms with Gasteiger partial charge in [-0.25, -0.2) is 8.42 Å². The predicted octanol–water partition coefficient (Wildman–Crippen LogP) is -0.0293. The summed E-state index contributed by atoms with van der Waals surface area (Å²) < 4.78 is 29.5. The van der Waals surface area contributed by atoms with Crippen molar-refractivity contribution in [2.75, 3.05) is 44.9 Å². The zero-order valence-corrected chi connectivity index (χ0v) is 14.2. The van der Waals surface area contributed by atoms with Crippen LogP contribution in [0.4, 0.5) is 0 Å². The molecule has 3 rings (SSSR count). The summed E-state index contributed by atoms with van der Waals surface area (Å²) in [6, 6.07) is 7.91. The first-order valence-corrected chi connectivity index (χ1v) is 9.77. The van der Waals surface area contributed by atoms with Crippen LogP contribution in [-0.2, 0) is 16.4 Å². The van der Waals surface area contributed by atoms with Gasteiger partial charge in [0.05, 0.1) is 25.2 Å². The third-order valence-electron chi connectivity index (χ3n) is 4.81. The van der Waals surface area contributed by atoms with Crippen molar-refractivity contribution in [3.05, 3.63) is 29.8 Å². The average molecular weight is 340 g/mol. The molecule has 2 fully saturated rings. The quantitative estimate of drug-likeness (QED) is 0.812. The number of methoxy groups -OCH3 is 1. The van der Waals surface area contributed by atoms with Gasteiger partial charge in [-0.15, -0.1) is 0 Å². The summed E-state index contributed by atoms with van der Waals surface area (Å²) in [7, 11) is -1.36. The van der Waals surface area contributed by atoms with Crippen molar-refractivity contribution in [2.45, 2.75) is 18.6 Å². The van der Waals surface area contributed by atoms with E-state index < -0.39 is 9.84 Å². The summed E-state index contributed by atoms with van der Waals surface area (Å²) in [5.74, 6) is 1.23. The maximum absolute atomic E-state index is 12.1. The van der Waals surface area contributed by atoms with Crippen molar-refractivity contribution in [1.29, 1.82) is 0 Å². The highest BCUT2D eigenvalue weighted by Crippen LogP contribution is 2.28. The van der Waals surface area contributed by atoms with Crippen molar-refractivity contribution in [1.82, 2.24) is 9.80 Å². The largest absolute Gasteiger partial charge is 0.497 e. The van der Waals surface area contributed by atoms with Gasteiger partial charge >= 0.3 is 0 Å². The highest BCUT2D eigenvalue weighted by Gasteiger charge is 2.46. The van der Waals surface area contributed by atoms with Crippen LogP contribution in [0, 0.1) is 0 Å². The number of aliphatic hydroxyl groups is 1. The van der Waals surface area contributed by atoms with Crippen LogP contribution in [0.2, 0.25) is 0 Å². The maximum atomic E-state index is 12.1. The second kappa shape index (κ2) is 6.76. The Labute approximate surface area is 137 Å². The molecule has 0 aliphatic carbocycles. The number of fused-ring (bicyclic) bond motifs is 1. The van der Waals surface area contributed by atoms with Crippen LogP contribution in [0.3, 0.4) is 0 Å². The minimum atomic E-state index is -3.01. The molecule has 2 saturated heterocycles. The normalized spacial score (nSPS) is 27.7. The van der Waals surface area contributed by atoms with E-state index in [4.69, 9.17) is 4.74 Å². The number of hydrogen-bond acceptors (Lipinski definition) is 6. The van der Waals surface area contributed by atoms with Gasteiger partial charge in [0, 0.05) is 38.3 Å². The molecule has 0 spiro atoms. The summed E-state index contributed by atoms with van der Waals surface area (Å²) in [6.45, 7) is 2.94. The Kier molecular flexibility index (Phi) is 4.91. The van der Waals surface area contributed by atoms with Crippen LogP contribution >= 0.6 is 0 Å². The average Bonchev–Trinajstić information content (AvgIpc) is 2.86. The van der Waals surface area contributed by atoms with Gasteiger partial charge in [0.2, 0.25) is 0 Å². The van der Waals surface area contributed by atoms with E-state index in [1.807, 2.05) is 24.3 Å². The van der Waals surface area contributed by atoms with E-state index in [0.29, 0.717) is 6.54 Å². The number of piperazine rings is 1. The molecule has 0 unspecified atom stereocenters. The topological polar surface area (TPSA) is 70.1 Å². The number of benzene rings is 1. The fourth-order valence-corrected chi connectivity index (χ4v) is 5.75. The summed E-state index contributed by atoms with van der Waals surface area (Å²) in [4.78, 5) is 4.38. The van der Waals surface area contributed by atoms with Crippen LogP contribution in [0.1, 0.15) is 5.56 Å². The number of nitrogens with zero attached hydrogens (tertiary/aromatic N) is 2. The molecule has 0 saturated carbocycles. The van der Waals surface area contributed by atoms with Gasteiger partial charge < -0.3 is 9.84 Å². The van der Waals surface area contributed by atoms with Gasteiger partial charge in [-0.1, -0.05) is 12.1 Å². The highest BCUT2D eigenvalue weighted by molar-refractivity contribution is 7.91. The number of aliphatic hydroxyl groups excluding tert-OH is 1. The number of ether oxygens (including phenoxy) is 1. The van der Waals surface area contributed by atoms with Crippen molar-refractivity contribution >= 4 is 9.84 Å². The molecular weight excluding hydrogens is 316 g/mol. The summed E-state index contributed by atoms with van der Waals surface area (Å²) >= 11 is 0. The van der Waals surface area contributed by atoms with Crippen molar-refractivity contribution in [3.63, 3.8) is 0 Å².